The van der Waals surface area contributed by atoms with Crippen LogP contribution in [0.2, 0.25) is 0 Å². The van der Waals surface area contributed by atoms with Crippen LogP contribution in [0.3, 0.4) is 0 Å². The Balaban J connectivity index is 2.32. The number of rotatable bonds is 2. The van der Waals surface area contributed by atoms with Crippen molar-refractivity contribution in [1.82, 2.24) is 4.57 Å². The van der Waals surface area contributed by atoms with Gasteiger partial charge in [0.1, 0.15) is 16.8 Å². The minimum Gasteiger partial charge on any atom is -0.397 e. The molecule has 3 N–H and O–H groups in total. The number of nitrogens with zero attached hydrogens (tertiary/aromatic N) is 2. The molecule has 0 aromatic carbocycles. The molecule has 0 radical (unpaired) electrons. The Kier molecular flexibility index (Phi) is 3.32. The number of nitrogens with two attached hydrogens (primary N) is 1. The number of thiophene rings is 1. The Morgan fingerprint density at radius 2 is 2.21 bits per heavy atom. The molecule has 0 bridgehead atoms. The summed E-state index contributed by atoms with van der Waals surface area (Å²) in [4.78, 5) is 13.2. The lowest BCUT2D eigenvalue weighted by Gasteiger charge is -2.04. The number of anilines is 2. The molecule has 6 heteroatoms. The molecule has 2 heterocycles. The first-order valence-corrected chi connectivity index (χ1v) is 6.49. The maximum Gasteiger partial charge on any atom is 0.272 e. The standard InChI is InChI=1S/C13H14N4OS/c1-7-8(2)19-13(10(7)5-14)16-12(18)11-4-9(15)6-17(11)3/h4,6H,15H2,1-3H3,(H,16,18). The quantitative estimate of drug-likeness (QED) is 0.882. The first kappa shape index (κ1) is 13.2. The van der Waals surface area contributed by atoms with Crippen LogP contribution in [-0.4, -0.2) is 10.5 Å². The molecule has 0 atom stereocenters. The van der Waals surface area contributed by atoms with Crippen LogP contribution in [0.25, 0.3) is 0 Å². The lowest BCUT2D eigenvalue weighted by Crippen LogP contribution is -2.15. The smallest absolute Gasteiger partial charge is 0.272 e. The number of aryl methyl sites for hydroxylation is 2. The van der Waals surface area contributed by atoms with Gasteiger partial charge in [0.05, 0.1) is 11.3 Å². The third-order valence-electron chi connectivity index (χ3n) is 2.98. The Morgan fingerprint density at radius 3 is 2.74 bits per heavy atom. The first-order valence-electron chi connectivity index (χ1n) is 5.67. The van der Waals surface area contributed by atoms with Crippen molar-refractivity contribution < 1.29 is 4.79 Å². The second-order valence-corrected chi connectivity index (χ2v) is 5.55. The Bertz CT molecular complexity index is 690. The molecular formula is C13H14N4OS. The molecule has 19 heavy (non-hydrogen) atoms. The number of amides is 1. The predicted octanol–water partition coefficient (Wildman–Crippen LogP) is 2.41. The summed E-state index contributed by atoms with van der Waals surface area (Å²) >= 11 is 1.41. The van der Waals surface area contributed by atoms with E-state index in [2.05, 4.69) is 11.4 Å². The van der Waals surface area contributed by atoms with Gasteiger partial charge < -0.3 is 15.6 Å². The summed E-state index contributed by atoms with van der Waals surface area (Å²) in [5, 5.41) is 12.5. The van der Waals surface area contributed by atoms with Gasteiger partial charge in [-0.15, -0.1) is 11.3 Å². The molecule has 0 aliphatic heterocycles. The van der Waals surface area contributed by atoms with Crippen LogP contribution >= 0.6 is 11.3 Å². The predicted molar refractivity (Wildman–Crippen MR) is 76.3 cm³/mol. The second kappa shape index (κ2) is 4.78. The number of nitrogen functional groups attached to an aromatic ring is 1. The van der Waals surface area contributed by atoms with Gasteiger partial charge in [-0.2, -0.15) is 5.26 Å². The third kappa shape index (κ3) is 2.33. The van der Waals surface area contributed by atoms with E-state index in [1.807, 2.05) is 13.8 Å². The highest BCUT2D eigenvalue weighted by Gasteiger charge is 2.17. The second-order valence-electron chi connectivity index (χ2n) is 4.32. The monoisotopic (exact) mass is 274 g/mol. The van der Waals surface area contributed by atoms with E-state index in [1.165, 1.54) is 11.3 Å². The van der Waals surface area contributed by atoms with Gasteiger partial charge in [-0.1, -0.05) is 0 Å². The van der Waals surface area contributed by atoms with Crippen molar-refractivity contribution in [3.63, 3.8) is 0 Å². The topological polar surface area (TPSA) is 83.8 Å². The maximum absolute atomic E-state index is 12.1. The van der Waals surface area contributed by atoms with E-state index in [4.69, 9.17) is 11.0 Å². The van der Waals surface area contributed by atoms with Crippen LogP contribution in [0, 0.1) is 25.2 Å². The summed E-state index contributed by atoms with van der Waals surface area (Å²) in [6, 6.07) is 3.73. The molecule has 0 saturated carbocycles. The van der Waals surface area contributed by atoms with Crippen LogP contribution in [0.1, 0.15) is 26.5 Å². The van der Waals surface area contributed by atoms with Gasteiger partial charge in [0.15, 0.2) is 0 Å². The summed E-state index contributed by atoms with van der Waals surface area (Å²) in [7, 11) is 1.75. The Morgan fingerprint density at radius 1 is 1.53 bits per heavy atom. The van der Waals surface area contributed by atoms with Crippen LogP contribution < -0.4 is 11.1 Å². The zero-order valence-corrected chi connectivity index (χ0v) is 11.8. The fourth-order valence-electron chi connectivity index (χ4n) is 1.83. The summed E-state index contributed by atoms with van der Waals surface area (Å²) in [5.74, 6) is -0.267. The average Bonchev–Trinajstić information content (AvgIpc) is 2.80. The fraction of sp³-hybridized carbons (Fsp3) is 0.231. The molecule has 2 aromatic heterocycles. The minimum absolute atomic E-state index is 0.267. The van der Waals surface area contributed by atoms with Crippen molar-refractivity contribution in [1.29, 1.82) is 5.26 Å². The van der Waals surface area contributed by atoms with Crippen molar-refractivity contribution >= 4 is 27.9 Å². The summed E-state index contributed by atoms with van der Waals surface area (Å²) in [5.41, 5.74) is 8.08. The van der Waals surface area contributed by atoms with Crippen molar-refractivity contribution in [3.05, 3.63) is 34.0 Å². The van der Waals surface area contributed by atoms with Crippen LogP contribution in [0.15, 0.2) is 12.3 Å². The lowest BCUT2D eigenvalue weighted by molar-refractivity contribution is 0.101. The Labute approximate surface area is 115 Å². The number of nitriles is 1. The summed E-state index contributed by atoms with van der Waals surface area (Å²) in [6.07, 6.45) is 1.67. The van der Waals surface area contributed by atoms with Gasteiger partial charge in [0, 0.05) is 18.1 Å². The zero-order chi connectivity index (χ0) is 14.2. The zero-order valence-electron chi connectivity index (χ0n) is 10.9. The van der Waals surface area contributed by atoms with E-state index >= 15 is 0 Å². The molecule has 2 rings (SSSR count). The molecule has 0 fully saturated rings. The van der Waals surface area contributed by atoms with Crippen LogP contribution in [0.4, 0.5) is 10.7 Å². The van der Waals surface area contributed by atoms with Crippen molar-refractivity contribution in [2.24, 2.45) is 7.05 Å². The molecular weight excluding hydrogens is 260 g/mol. The average molecular weight is 274 g/mol. The normalized spacial score (nSPS) is 10.2. The van der Waals surface area contributed by atoms with Gasteiger partial charge in [-0.05, 0) is 25.5 Å². The van der Waals surface area contributed by atoms with Gasteiger partial charge >= 0.3 is 0 Å². The van der Waals surface area contributed by atoms with Gasteiger partial charge in [-0.25, -0.2) is 0 Å². The van der Waals surface area contributed by atoms with Crippen LogP contribution in [-0.2, 0) is 7.05 Å². The Hall–Kier alpha value is -2.26. The molecule has 2 aromatic rings. The molecule has 5 nitrogen and oxygen atoms in total. The summed E-state index contributed by atoms with van der Waals surface area (Å²) in [6.45, 7) is 3.80. The largest absolute Gasteiger partial charge is 0.397 e. The van der Waals surface area contributed by atoms with Crippen molar-refractivity contribution in [2.45, 2.75) is 13.8 Å². The first-order chi connectivity index (χ1) is 8.93. The molecule has 0 spiro atoms. The van der Waals surface area contributed by atoms with Crippen molar-refractivity contribution in [2.75, 3.05) is 11.1 Å². The minimum atomic E-state index is -0.267. The maximum atomic E-state index is 12.1. The van der Waals surface area contributed by atoms with E-state index in [-0.39, 0.29) is 5.91 Å². The summed E-state index contributed by atoms with van der Waals surface area (Å²) < 4.78 is 1.66. The highest BCUT2D eigenvalue weighted by Crippen LogP contribution is 2.32. The van der Waals surface area contributed by atoms with Gasteiger partial charge in [0.25, 0.3) is 5.91 Å². The number of hydrogen-bond donors (Lipinski definition) is 2. The number of hydrogen-bond acceptors (Lipinski definition) is 4. The van der Waals surface area contributed by atoms with Crippen molar-refractivity contribution in [3.8, 4) is 6.07 Å². The number of carbonyl (C=O) groups is 1. The van der Waals surface area contributed by atoms with E-state index in [0.717, 1.165) is 10.4 Å². The van der Waals surface area contributed by atoms with Crippen LogP contribution in [0.5, 0.6) is 0 Å². The highest BCUT2D eigenvalue weighted by molar-refractivity contribution is 7.16. The number of nitrogens with one attached hydrogen (secondary N) is 1. The highest BCUT2D eigenvalue weighted by atomic mass is 32.1. The van der Waals surface area contributed by atoms with Gasteiger partial charge in [0.2, 0.25) is 0 Å². The molecule has 0 aliphatic rings. The third-order valence-corrected chi connectivity index (χ3v) is 4.11. The van der Waals surface area contributed by atoms with E-state index in [0.29, 0.717) is 21.9 Å². The SMILES string of the molecule is Cc1sc(NC(=O)c2cc(N)cn2C)c(C#N)c1C. The molecule has 0 unspecified atom stereocenters. The number of aromatic nitrogens is 1. The fourth-order valence-corrected chi connectivity index (χ4v) is 2.84. The van der Waals surface area contributed by atoms with Gasteiger partial charge in [-0.3, -0.25) is 4.79 Å². The van der Waals surface area contributed by atoms with E-state index in [9.17, 15) is 4.79 Å². The molecule has 0 saturated heterocycles. The number of carbonyl (C=O) groups excluding carboxylic acids is 1. The van der Waals surface area contributed by atoms with E-state index < -0.39 is 0 Å². The molecule has 98 valence electrons. The lowest BCUT2D eigenvalue weighted by atomic mass is 10.2. The van der Waals surface area contributed by atoms with E-state index in [1.54, 1.807) is 23.9 Å². The molecule has 1 amide bonds. The molecule has 0 aliphatic carbocycles.